The molecule has 31 heavy (non-hydrogen) atoms. The van der Waals surface area contributed by atoms with Crippen LogP contribution >= 0.6 is 11.5 Å². The molecule has 0 bridgehead atoms. The summed E-state index contributed by atoms with van der Waals surface area (Å²) in [5.41, 5.74) is 5.32. The number of urea groups is 1. The molecule has 2 aromatic heterocycles. The van der Waals surface area contributed by atoms with Gasteiger partial charge in [-0.25, -0.2) is 18.6 Å². The predicted octanol–water partition coefficient (Wildman–Crippen LogP) is 2.82. The van der Waals surface area contributed by atoms with Gasteiger partial charge in [-0.15, -0.1) is 0 Å². The molecule has 164 valence electrons. The van der Waals surface area contributed by atoms with Crippen LogP contribution in [0, 0.1) is 18.6 Å². The summed E-state index contributed by atoms with van der Waals surface area (Å²) < 4.78 is 39.1. The van der Waals surface area contributed by atoms with Crippen molar-refractivity contribution in [1.82, 2.24) is 19.2 Å². The number of nitrogens with two attached hydrogens (primary N) is 1. The van der Waals surface area contributed by atoms with Crippen LogP contribution in [-0.2, 0) is 13.2 Å². The number of aryl methyl sites for hydroxylation is 2. The first-order valence-corrected chi connectivity index (χ1v) is 10.00. The lowest BCUT2D eigenvalue weighted by molar-refractivity contribution is 0.0996. The number of primary amides is 1. The van der Waals surface area contributed by atoms with Crippen LogP contribution in [0.3, 0.4) is 0 Å². The van der Waals surface area contributed by atoms with E-state index in [-0.39, 0.29) is 22.0 Å². The number of hydrogen-bond donors (Lipinski definition) is 3. The van der Waals surface area contributed by atoms with E-state index in [0.717, 1.165) is 11.5 Å². The summed E-state index contributed by atoms with van der Waals surface area (Å²) in [4.78, 5) is 27.9. The molecule has 0 saturated carbocycles. The van der Waals surface area contributed by atoms with E-state index in [2.05, 4.69) is 20.0 Å². The molecule has 0 radical (unpaired) electrons. The molecule has 2 heterocycles. The van der Waals surface area contributed by atoms with Crippen molar-refractivity contribution in [2.75, 3.05) is 11.9 Å². The number of benzene rings is 1. The summed E-state index contributed by atoms with van der Waals surface area (Å²) in [6, 6.07) is 1.78. The average Bonchev–Trinajstić information content (AvgIpc) is 3.34. The van der Waals surface area contributed by atoms with Crippen molar-refractivity contribution in [1.29, 1.82) is 0 Å². The minimum Gasteiger partial charge on any atom is -0.471 e. The van der Waals surface area contributed by atoms with Crippen molar-refractivity contribution in [2.45, 2.75) is 26.5 Å². The smallest absolute Gasteiger partial charge is 0.319 e. The quantitative estimate of drug-likeness (QED) is 0.433. The number of hydrogen-bond acceptors (Lipinski definition) is 6. The Hall–Kier alpha value is -3.54. The Morgan fingerprint density at radius 3 is 2.68 bits per heavy atom. The normalized spacial score (nSPS) is 10.7. The first kappa shape index (κ1) is 22.2. The third-order valence-corrected chi connectivity index (χ3v) is 4.96. The van der Waals surface area contributed by atoms with Crippen LogP contribution in [0.4, 0.5) is 18.6 Å². The molecule has 0 aliphatic carbocycles. The van der Waals surface area contributed by atoms with Gasteiger partial charge in [0.2, 0.25) is 5.88 Å². The zero-order valence-electron chi connectivity index (χ0n) is 16.5. The molecule has 0 atom stereocenters. The minimum atomic E-state index is -0.899. The van der Waals surface area contributed by atoms with Gasteiger partial charge in [-0.1, -0.05) is 0 Å². The van der Waals surface area contributed by atoms with Gasteiger partial charge in [0.1, 0.15) is 28.8 Å². The van der Waals surface area contributed by atoms with E-state index in [1.807, 2.05) is 10.8 Å². The Balaban J connectivity index is 1.59. The number of ether oxygens (including phenoxy) is 1. The number of nitrogens with one attached hydrogen (secondary N) is 2. The Labute approximate surface area is 180 Å². The summed E-state index contributed by atoms with van der Waals surface area (Å²) in [6.07, 6.45) is 5.81. The summed E-state index contributed by atoms with van der Waals surface area (Å²) in [6.45, 7) is 2.12. The summed E-state index contributed by atoms with van der Waals surface area (Å²) >= 11 is 0.768. The van der Waals surface area contributed by atoms with Crippen molar-refractivity contribution in [3.8, 4) is 5.88 Å². The second-order valence-electron chi connectivity index (χ2n) is 6.59. The van der Waals surface area contributed by atoms with Gasteiger partial charge in [-0.2, -0.15) is 4.37 Å². The third kappa shape index (κ3) is 5.75. The standard InChI is InChI=1S/C19H20F2N6O3S/c1-11-7-13(20)12(14(21)8-11)9-30-17-15(16(22)28)18(31-26-17)25-19(29)24-3-2-5-27-6-4-23-10-27/h4,6-8,10H,2-3,5,9H2,1H3,(H2,22,28)(H2,24,25,29). The van der Waals surface area contributed by atoms with Crippen LogP contribution in [0.2, 0.25) is 0 Å². The highest BCUT2D eigenvalue weighted by molar-refractivity contribution is 7.11. The Bertz CT molecular complexity index is 1050. The molecule has 0 fully saturated rings. The fourth-order valence-electron chi connectivity index (χ4n) is 2.71. The molecule has 3 aromatic rings. The Morgan fingerprint density at radius 2 is 2.03 bits per heavy atom. The molecule has 3 rings (SSSR count). The molecule has 4 N–H and O–H groups in total. The number of carbonyl (C=O) groups excluding carboxylic acids is 2. The van der Waals surface area contributed by atoms with Crippen LogP contribution in [0.15, 0.2) is 30.9 Å². The Morgan fingerprint density at radius 1 is 1.29 bits per heavy atom. The number of halogens is 2. The van der Waals surface area contributed by atoms with E-state index in [9.17, 15) is 18.4 Å². The van der Waals surface area contributed by atoms with E-state index in [1.54, 1.807) is 19.4 Å². The van der Waals surface area contributed by atoms with Gasteiger partial charge in [-0.3, -0.25) is 10.1 Å². The minimum absolute atomic E-state index is 0.0689. The second kappa shape index (κ2) is 9.98. The molecule has 0 aliphatic rings. The molecule has 9 nitrogen and oxygen atoms in total. The average molecular weight is 450 g/mol. The van der Waals surface area contributed by atoms with E-state index in [4.69, 9.17) is 10.5 Å². The highest BCUT2D eigenvalue weighted by atomic mass is 32.1. The highest BCUT2D eigenvalue weighted by Gasteiger charge is 2.23. The Kier molecular flexibility index (Phi) is 7.13. The lowest BCUT2D eigenvalue weighted by Crippen LogP contribution is -2.30. The lowest BCUT2D eigenvalue weighted by atomic mass is 10.1. The molecule has 3 amide bonds. The predicted molar refractivity (Wildman–Crippen MR) is 110 cm³/mol. The maximum atomic E-state index is 14.0. The molecule has 12 heteroatoms. The summed E-state index contributed by atoms with van der Waals surface area (Å²) in [5, 5.41) is 5.21. The maximum Gasteiger partial charge on any atom is 0.319 e. The first-order chi connectivity index (χ1) is 14.8. The van der Waals surface area contributed by atoms with Gasteiger partial charge in [0, 0.05) is 25.5 Å². The first-order valence-electron chi connectivity index (χ1n) is 9.22. The molecule has 0 unspecified atom stereocenters. The number of rotatable bonds is 9. The third-order valence-electron chi connectivity index (χ3n) is 4.21. The van der Waals surface area contributed by atoms with E-state index in [1.165, 1.54) is 12.1 Å². The summed E-state index contributed by atoms with van der Waals surface area (Å²) in [7, 11) is 0. The van der Waals surface area contributed by atoms with Gasteiger partial charge >= 0.3 is 6.03 Å². The van der Waals surface area contributed by atoms with Gasteiger partial charge in [0.25, 0.3) is 5.91 Å². The van der Waals surface area contributed by atoms with Crippen molar-refractivity contribution in [3.63, 3.8) is 0 Å². The lowest BCUT2D eigenvalue weighted by Gasteiger charge is -2.09. The van der Waals surface area contributed by atoms with Crippen LogP contribution < -0.4 is 21.1 Å². The second-order valence-corrected chi connectivity index (χ2v) is 7.36. The molecule has 0 spiro atoms. The largest absolute Gasteiger partial charge is 0.471 e. The van der Waals surface area contributed by atoms with E-state index >= 15 is 0 Å². The van der Waals surface area contributed by atoms with Crippen molar-refractivity contribution < 1.29 is 23.1 Å². The van der Waals surface area contributed by atoms with Crippen LogP contribution in [0.25, 0.3) is 0 Å². The van der Waals surface area contributed by atoms with Gasteiger partial charge in [-0.05, 0) is 42.6 Å². The van der Waals surface area contributed by atoms with Crippen LogP contribution in [-0.4, -0.2) is 32.4 Å². The molecule has 0 aliphatic heterocycles. The number of aromatic nitrogens is 3. The molecule has 0 saturated heterocycles. The number of carbonyl (C=O) groups is 2. The summed E-state index contributed by atoms with van der Waals surface area (Å²) in [5.74, 6) is -2.67. The fraction of sp³-hybridized carbons (Fsp3) is 0.263. The zero-order valence-corrected chi connectivity index (χ0v) is 17.3. The zero-order chi connectivity index (χ0) is 22.4. The molecule has 1 aromatic carbocycles. The van der Waals surface area contributed by atoms with Crippen molar-refractivity contribution in [3.05, 3.63) is 59.2 Å². The van der Waals surface area contributed by atoms with Gasteiger partial charge in [0.15, 0.2) is 0 Å². The van der Waals surface area contributed by atoms with Crippen LogP contribution in [0.5, 0.6) is 5.88 Å². The topological polar surface area (TPSA) is 124 Å². The van der Waals surface area contributed by atoms with Crippen molar-refractivity contribution in [2.24, 2.45) is 5.73 Å². The van der Waals surface area contributed by atoms with E-state index < -0.39 is 30.2 Å². The van der Waals surface area contributed by atoms with Gasteiger partial charge in [0.05, 0.1) is 11.9 Å². The number of nitrogens with zero attached hydrogens (tertiary/aromatic N) is 3. The SMILES string of the molecule is Cc1cc(F)c(COc2nsc(NC(=O)NCCCn3ccnc3)c2C(N)=O)c(F)c1. The highest BCUT2D eigenvalue weighted by Crippen LogP contribution is 2.31. The van der Waals surface area contributed by atoms with E-state index in [0.29, 0.717) is 25.1 Å². The number of anilines is 1. The monoisotopic (exact) mass is 450 g/mol. The van der Waals surface area contributed by atoms with Crippen molar-refractivity contribution >= 4 is 28.5 Å². The maximum absolute atomic E-state index is 14.0. The van der Waals surface area contributed by atoms with Gasteiger partial charge < -0.3 is 20.4 Å². The fourth-order valence-corrected chi connectivity index (χ4v) is 3.45. The molecular formula is C19H20F2N6O3S. The molecular weight excluding hydrogens is 430 g/mol. The number of amides is 3. The van der Waals surface area contributed by atoms with Crippen LogP contribution in [0.1, 0.15) is 27.9 Å². The number of imidazole rings is 1.